The zero-order valence-corrected chi connectivity index (χ0v) is 9.39. The van der Waals surface area contributed by atoms with Gasteiger partial charge in [-0.3, -0.25) is 0 Å². The summed E-state index contributed by atoms with van der Waals surface area (Å²) in [7, 11) is 0. The molecule has 0 spiro atoms. The van der Waals surface area contributed by atoms with Gasteiger partial charge in [-0.15, -0.1) is 0 Å². The van der Waals surface area contributed by atoms with Crippen molar-refractivity contribution in [3.8, 4) is 0 Å². The molecule has 16 heavy (non-hydrogen) atoms. The van der Waals surface area contributed by atoms with E-state index in [2.05, 4.69) is 6.92 Å². The number of carboxylic acids is 2. The number of aliphatic carboxylic acids is 2. The molecule has 6 heteroatoms. The van der Waals surface area contributed by atoms with Crippen molar-refractivity contribution < 1.29 is 24.5 Å². The van der Waals surface area contributed by atoms with Gasteiger partial charge < -0.3 is 20.7 Å². The number of rotatable bonds is 2. The van der Waals surface area contributed by atoms with Gasteiger partial charge in [0.2, 0.25) is 0 Å². The molecule has 0 aromatic heterocycles. The van der Waals surface area contributed by atoms with E-state index in [-0.39, 0.29) is 0 Å². The molecule has 1 aliphatic rings. The van der Waals surface area contributed by atoms with Crippen LogP contribution in [0.25, 0.3) is 0 Å². The standard InChI is InChI=1S/C8H17NO.C2H2O4/c1-2-10-8-5-3-7(9)4-6-8;3-1(4)2(5)6/h7-8H,2-6,9H2,1H3;(H,3,4)(H,5,6). The number of ether oxygens (including phenoxy) is 1. The van der Waals surface area contributed by atoms with Crippen molar-refractivity contribution in [2.45, 2.75) is 44.8 Å². The average Bonchev–Trinajstić information content (AvgIpc) is 2.22. The molecular weight excluding hydrogens is 214 g/mol. The van der Waals surface area contributed by atoms with Crippen LogP contribution in [0.3, 0.4) is 0 Å². The summed E-state index contributed by atoms with van der Waals surface area (Å²) >= 11 is 0. The Morgan fingerprint density at radius 1 is 1.19 bits per heavy atom. The Morgan fingerprint density at radius 3 is 1.94 bits per heavy atom. The van der Waals surface area contributed by atoms with Gasteiger partial charge in [0.05, 0.1) is 6.10 Å². The van der Waals surface area contributed by atoms with E-state index in [9.17, 15) is 0 Å². The van der Waals surface area contributed by atoms with E-state index in [1.807, 2.05) is 0 Å². The molecule has 0 bridgehead atoms. The van der Waals surface area contributed by atoms with Crippen LogP contribution in [0.5, 0.6) is 0 Å². The third-order valence-corrected chi connectivity index (χ3v) is 2.30. The quantitative estimate of drug-likeness (QED) is 0.597. The van der Waals surface area contributed by atoms with Crippen LogP contribution < -0.4 is 5.73 Å². The molecule has 0 heterocycles. The number of hydrogen-bond acceptors (Lipinski definition) is 4. The van der Waals surface area contributed by atoms with E-state index in [0.29, 0.717) is 12.1 Å². The molecule has 1 aliphatic carbocycles. The maximum atomic E-state index is 9.10. The molecular formula is C10H19NO5. The van der Waals surface area contributed by atoms with Gasteiger partial charge in [0.25, 0.3) is 0 Å². The Hall–Kier alpha value is -1.14. The normalized spacial score (nSPS) is 24.1. The molecule has 0 amide bonds. The lowest BCUT2D eigenvalue weighted by Gasteiger charge is -2.25. The van der Waals surface area contributed by atoms with Gasteiger partial charge in [-0.05, 0) is 32.6 Å². The van der Waals surface area contributed by atoms with Crippen LogP contribution >= 0.6 is 0 Å². The highest BCUT2D eigenvalue weighted by Gasteiger charge is 2.17. The van der Waals surface area contributed by atoms with E-state index < -0.39 is 11.9 Å². The van der Waals surface area contributed by atoms with Crippen molar-refractivity contribution in [3.05, 3.63) is 0 Å². The third-order valence-electron chi connectivity index (χ3n) is 2.30. The van der Waals surface area contributed by atoms with Gasteiger partial charge in [0.1, 0.15) is 0 Å². The lowest BCUT2D eigenvalue weighted by molar-refractivity contribution is -0.159. The summed E-state index contributed by atoms with van der Waals surface area (Å²) in [5, 5.41) is 14.8. The third kappa shape index (κ3) is 7.19. The van der Waals surface area contributed by atoms with Crippen LogP contribution in [0.4, 0.5) is 0 Å². The maximum absolute atomic E-state index is 9.10. The second-order valence-electron chi connectivity index (χ2n) is 3.60. The molecule has 0 aromatic rings. The van der Waals surface area contributed by atoms with Gasteiger partial charge in [-0.1, -0.05) is 0 Å². The van der Waals surface area contributed by atoms with Crippen LogP contribution in [-0.4, -0.2) is 40.9 Å². The van der Waals surface area contributed by atoms with Gasteiger partial charge in [0, 0.05) is 12.6 Å². The maximum Gasteiger partial charge on any atom is 0.414 e. The molecule has 0 unspecified atom stereocenters. The number of carbonyl (C=O) groups is 2. The Bertz CT molecular complexity index is 211. The summed E-state index contributed by atoms with van der Waals surface area (Å²) < 4.78 is 5.48. The largest absolute Gasteiger partial charge is 0.473 e. The summed E-state index contributed by atoms with van der Waals surface area (Å²) in [5.74, 6) is -3.65. The van der Waals surface area contributed by atoms with Crippen LogP contribution in [0.15, 0.2) is 0 Å². The highest BCUT2D eigenvalue weighted by molar-refractivity contribution is 6.27. The predicted molar refractivity (Wildman–Crippen MR) is 57.1 cm³/mol. The SMILES string of the molecule is CCOC1CCC(N)CC1.O=C(O)C(=O)O. The highest BCUT2D eigenvalue weighted by Crippen LogP contribution is 2.19. The Morgan fingerprint density at radius 2 is 1.62 bits per heavy atom. The Kier molecular flexibility index (Phi) is 7.49. The molecule has 94 valence electrons. The molecule has 0 aliphatic heterocycles. The first-order valence-electron chi connectivity index (χ1n) is 5.30. The van der Waals surface area contributed by atoms with Crippen LogP contribution in [0.2, 0.25) is 0 Å². The number of hydrogen-bond donors (Lipinski definition) is 3. The lowest BCUT2D eigenvalue weighted by atomic mass is 9.94. The Labute approximate surface area is 94.4 Å². The molecule has 0 aromatic carbocycles. The number of carboxylic acid groups (broad SMARTS) is 2. The zero-order chi connectivity index (χ0) is 12.6. The van der Waals surface area contributed by atoms with E-state index in [1.54, 1.807) is 0 Å². The van der Waals surface area contributed by atoms with Gasteiger partial charge in [-0.25, -0.2) is 9.59 Å². The van der Waals surface area contributed by atoms with Crippen molar-refractivity contribution in [1.82, 2.24) is 0 Å². The van der Waals surface area contributed by atoms with Gasteiger partial charge >= 0.3 is 11.9 Å². The molecule has 0 radical (unpaired) electrons. The first kappa shape index (κ1) is 14.9. The van der Waals surface area contributed by atoms with E-state index >= 15 is 0 Å². The molecule has 0 atom stereocenters. The second-order valence-corrected chi connectivity index (χ2v) is 3.60. The van der Waals surface area contributed by atoms with Crippen molar-refractivity contribution >= 4 is 11.9 Å². The fourth-order valence-electron chi connectivity index (χ4n) is 1.49. The smallest absolute Gasteiger partial charge is 0.414 e. The topological polar surface area (TPSA) is 110 Å². The fourth-order valence-corrected chi connectivity index (χ4v) is 1.49. The minimum atomic E-state index is -1.82. The summed E-state index contributed by atoms with van der Waals surface area (Å²) in [6.07, 6.45) is 5.11. The first-order chi connectivity index (χ1) is 7.47. The van der Waals surface area contributed by atoms with Crippen molar-refractivity contribution in [3.63, 3.8) is 0 Å². The average molecular weight is 233 g/mol. The van der Waals surface area contributed by atoms with E-state index in [1.165, 1.54) is 0 Å². The Balaban J connectivity index is 0.000000325. The molecule has 4 N–H and O–H groups in total. The molecule has 0 saturated heterocycles. The highest BCUT2D eigenvalue weighted by atomic mass is 16.5. The van der Waals surface area contributed by atoms with Gasteiger partial charge in [-0.2, -0.15) is 0 Å². The minimum Gasteiger partial charge on any atom is -0.473 e. The fraction of sp³-hybridized carbons (Fsp3) is 0.800. The first-order valence-corrected chi connectivity index (χ1v) is 5.30. The summed E-state index contributed by atoms with van der Waals surface area (Å²) in [5.41, 5.74) is 5.74. The van der Waals surface area contributed by atoms with Crippen LogP contribution in [0.1, 0.15) is 32.6 Å². The van der Waals surface area contributed by atoms with Gasteiger partial charge in [0.15, 0.2) is 0 Å². The molecule has 1 saturated carbocycles. The molecule has 1 fully saturated rings. The summed E-state index contributed by atoms with van der Waals surface area (Å²) in [6, 6.07) is 0.441. The van der Waals surface area contributed by atoms with Crippen molar-refractivity contribution in [2.24, 2.45) is 5.73 Å². The van der Waals surface area contributed by atoms with Crippen LogP contribution in [-0.2, 0) is 14.3 Å². The summed E-state index contributed by atoms with van der Waals surface area (Å²) in [4.78, 5) is 18.2. The van der Waals surface area contributed by atoms with Crippen molar-refractivity contribution in [2.75, 3.05) is 6.61 Å². The minimum absolute atomic E-state index is 0.441. The lowest BCUT2D eigenvalue weighted by Crippen LogP contribution is -2.30. The zero-order valence-electron chi connectivity index (χ0n) is 9.39. The van der Waals surface area contributed by atoms with Crippen molar-refractivity contribution in [1.29, 1.82) is 0 Å². The van der Waals surface area contributed by atoms with E-state index in [0.717, 1.165) is 32.3 Å². The number of nitrogens with two attached hydrogens (primary N) is 1. The molecule has 1 rings (SSSR count). The van der Waals surface area contributed by atoms with E-state index in [4.69, 9.17) is 30.3 Å². The monoisotopic (exact) mass is 233 g/mol. The second kappa shape index (κ2) is 8.06. The molecule has 6 nitrogen and oxygen atoms in total. The predicted octanol–water partition coefficient (Wildman–Crippen LogP) is 0.448. The summed E-state index contributed by atoms with van der Waals surface area (Å²) in [6.45, 7) is 2.90. The van der Waals surface area contributed by atoms with Crippen LogP contribution in [0, 0.1) is 0 Å².